The highest BCUT2D eigenvalue weighted by atomic mass is 32.2. The molecule has 0 bridgehead atoms. The molecule has 0 unspecified atom stereocenters. The van der Waals surface area contributed by atoms with Crippen molar-refractivity contribution < 1.29 is 0 Å². The summed E-state index contributed by atoms with van der Waals surface area (Å²) in [7, 11) is 0. The van der Waals surface area contributed by atoms with Crippen LogP contribution in [0.4, 0.5) is 17.6 Å². The Morgan fingerprint density at radius 3 is 2.78 bits per heavy atom. The van der Waals surface area contributed by atoms with Gasteiger partial charge < -0.3 is 16.4 Å². The van der Waals surface area contributed by atoms with Crippen molar-refractivity contribution in [2.75, 3.05) is 34.4 Å². The van der Waals surface area contributed by atoms with Gasteiger partial charge in [-0.2, -0.15) is 21.7 Å². The summed E-state index contributed by atoms with van der Waals surface area (Å²) in [4.78, 5) is 8.42. The molecule has 1 aliphatic heterocycles. The van der Waals surface area contributed by atoms with E-state index in [0.717, 1.165) is 24.6 Å². The number of nitrogen functional groups attached to an aromatic ring is 1. The van der Waals surface area contributed by atoms with Gasteiger partial charge in [0, 0.05) is 18.7 Å². The highest BCUT2D eigenvalue weighted by molar-refractivity contribution is 7.99. The quantitative estimate of drug-likeness (QED) is 0.759. The van der Waals surface area contributed by atoms with Gasteiger partial charge in [-0.3, -0.25) is 0 Å². The molecule has 2 rings (SSSR count). The average molecular weight is 267 g/mol. The van der Waals surface area contributed by atoms with Crippen LogP contribution in [0.1, 0.15) is 26.2 Å². The Bertz CT molecular complexity index is 379. The summed E-state index contributed by atoms with van der Waals surface area (Å²) in [5.74, 6) is 4.40. The summed E-state index contributed by atoms with van der Waals surface area (Å²) in [6.07, 6.45) is 3.44. The van der Waals surface area contributed by atoms with E-state index in [-0.39, 0.29) is 0 Å². The molecule has 0 atom stereocenters. The summed E-state index contributed by atoms with van der Waals surface area (Å²) in [5, 5.41) is 6.69. The second-order valence-electron chi connectivity index (χ2n) is 4.45. The van der Waals surface area contributed by atoms with Crippen molar-refractivity contribution in [2.45, 2.75) is 32.2 Å². The van der Waals surface area contributed by atoms with Gasteiger partial charge in [-0.15, -0.1) is 0 Å². The SMILES string of the molecule is CCCNc1cc(NC2CCSCC2)nc(N)n1. The molecule has 0 saturated carbocycles. The van der Waals surface area contributed by atoms with E-state index in [2.05, 4.69) is 27.5 Å². The summed E-state index contributed by atoms with van der Waals surface area (Å²) >= 11 is 2.02. The van der Waals surface area contributed by atoms with Crippen molar-refractivity contribution in [1.29, 1.82) is 0 Å². The fraction of sp³-hybridized carbons (Fsp3) is 0.667. The predicted octanol–water partition coefficient (Wildman–Crippen LogP) is 2.19. The van der Waals surface area contributed by atoms with E-state index < -0.39 is 0 Å². The van der Waals surface area contributed by atoms with Crippen molar-refractivity contribution >= 4 is 29.3 Å². The molecule has 1 saturated heterocycles. The maximum atomic E-state index is 5.73. The van der Waals surface area contributed by atoms with E-state index >= 15 is 0 Å². The van der Waals surface area contributed by atoms with Crippen LogP contribution < -0.4 is 16.4 Å². The van der Waals surface area contributed by atoms with Crippen LogP contribution in [0.3, 0.4) is 0 Å². The molecule has 5 nitrogen and oxygen atoms in total. The first kappa shape index (κ1) is 13.3. The molecule has 0 radical (unpaired) electrons. The third-order valence-corrected chi connectivity index (χ3v) is 3.92. The first-order valence-corrected chi connectivity index (χ1v) is 7.66. The van der Waals surface area contributed by atoms with Gasteiger partial charge in [0.05, 0.1) is 0 Å². The van der Waals surface area contributed by atoms with E-state index in [1.165, 1.54) is 24.3 Å². The molecular formula is C12H21N5S. The molecule has 0 amide bonds. The van der Waals surface area contributed by atoms with Gasteiger partial charge in [-0.1, -0.05) is 6.92 Å². The number of anilines is 3. The molecule has 0 aromatic carbocycles. The van der Waals surface area contributed by atoms with Crippen LogP contribution in [0.5, 0.6) is 0 Å². The monoisotopic (exact) mass is 267 g/mol. The Hall–Kier alpha value is -1.17. The molecule has 0 aliphatic carbocycles. The van der Waals surface area contributed by atoms with Crippen LogP contribution in [0.2, 0.25) is 0 Å². The summed E-state index contributed by atoms with van der Waals surface area (Å²) in [6.45, 7) is 3.02. The van der Waals surface area contributed by atoms with E-state index in [9.17, 15) is 0 Å². The second-order valence-corrected chi connectivity index (χ2v) is 5.68. The number of hydrogen-bond donors (Lipinski definition) is 3. The lowest BCUT2D eigenvalue weighted by Gasteiger charge is -2.23. The van der Waals surface area contributed by atoms with E-state index in [1.807, 2.05) is 17.8 Å². The van der Waals surface area contributed by atoms with Gasteiger partial charge in [0.15, 0.2) is 0 Å². The number of aromatic nitrogens is 2. The number of thioether (sulfide) groups is 1. The Kier molecular flexibility index (Phi) is 4.92. The minimum atomic E-state index is 0.323. The van der Waals surface area contributed by atoms with Crippen molar-refractivity contribution in [1.82, 2.24) is 9.97 Å². The Balaban J connectivity index is 1.99. The fourth-order valence-electron chi connectivity index (χ4n) is 1.93. The minimum Gasteiger partial charge on any atom is -0.370 e. The lowest BCUT2D eigenvalue weighted by molar-refractivity contribution is 0.663. The lowest BCUT2D eigenvalue weighted by atomic mass is 10.1. The second kappa shape index (κ2) is 6.68. The molecule has 18 heavy (non-hydrogen) atoms. The molecule has 100 valence electrons. The standard InChI is InChI=1S/C12H21N5S/c1-2-5-14-10-8-11(17-12(13)16-10)15-9-3-6-18-7-4-9/h8-9H,2-7H2,1H3,(H4,13,14,15,16,17). The molecule has 1 aliphatic rings. The number of hydrogen-bond acceptors (Lipinski definition) is 6. The molecule has 1 fully saturated rings. The Morgan fingerprint density at radius 2 is 2.06 bits per heavy atom. The summed E-state index contributed by atoms with van der Waals surface area (Å²) in [5.41, 5.74) is 5.73. The zero-order valence-corrected chi connectivity index (χ0v) is 11.6. The Morgan fingerprint density at radius 1 is 1.33 bits per heavy atom. The Labute approximate surface area is 112 Å². The molecule has 1 aromatic heterocycles. The van der Waals surface area contributed by atoms with Crippen LogP contribution in [-0.2, 0) is 0 Å². The van der Waals surface area contributed by atoms with Crippen molar-refractivity contribution in [3.8, 4) is 0 Å². The predicted molar refractivity (Wildman–Crippen MR) is 79.2 cm³/mol. The van der Waals surface area contributed by atoms with Gasteiger partial charge in [0.25, 0.3) is 0 Å². The van der Waals surface area contributed by atoms with Gasteiger partial charge >= 0.3 is 0 Å². The number of nitrogens with zero attached hydrogens (tertiary/aromatic N) is 2. The van der Waals surface area contributed by atoms with Gasteiger partial charge in [0.2, 0.25) is 5.95 Å². The summed E-state index contributed by atoms with van der Waals surface area (Å²) in [6, 6.07) is 2.45. The van der Waals surface area contributed by atoms with Crippen molar-refractivity contribution in [3.05, 3.63) is 6.07 Å². The molecule has 1 aromatic rings. The molecule has 2 heterocycles. The smallest absolute Gasteiger partial charge is 0.223 e. The van der Waals surface area contributed by atoms with Gasteiger partial charge in [-0.05, 0) is 30.8 Å². The first-order valence-electron chi connectivity index (χ1n) is 6.50. The van der Waals surface area contributed by atoms with Crippen LogP contribution >= 0.6 is 11.8 Å². The zero-order valence-electron chi connectivity index (χ0n) is 10.8. The maximum absolute atomic E-state index is 5.73. The normalized spacial score (nSPS) is 16.5. The topological polar surface area (TPSA) is 75.9 Å². The number of nitrogens with one attached hydrogen (secondary N) is 2. The maximum Gasteiger partial charge on any atom is 0.223 e. The molecule has 6 heteroatoms. The zero-order chi connectivity index (χ0) is 12.8. The summed E-state index contributed by atoms with van der Waals surface area (Å²) < 4.78 is 0. The lowest BCUT2D eigenvalue weighted by Crippen LogP contribution is -2.25. The van der Waals surface area contributed by atoms with E-state index in [4.69, 9.17) is 5.73 Å². The third-order valence-electron chi connectivity index (χ3n) is 2.87. The van der Waals surface area contributed by atoms with E-state index in [1.54, 1.807) is 0 Å². The van der Waals surface area contributed by atoms with Gasteiger partial charge in [-0.25, -0.2) is 0 Å². The molecular weight excluding hydrogens is 246 g/mol. The van der Waals surface area contributed by atoms with Crippen LogP contribution in [0.15, 0.2) is 6.07 Å². The average Bonchev–Trinajstić information content (AvgIpc) is 2.37. The minimum absolute atomic E-state index is 0.323. The van der Waals surface area contributed by atoms with Gasteiger partial charge in [0.1, 0.15) is 11.6 Å². The first-order chi connectivity index (χ1) is 8.78. The highest BCUT2D eigenvalue weighted by Crippen LogP contribution is 2.21. The number of rotatable bonds is 5. The highest BCUT2D eigenvalue weighted by Gasteiger charge is 2.14. The number of nitrogens with two attached hydrogens (primary N) is 1. The third kappa shape index (κ3) is 3.94. The van der Waals surface area contributed by atoms with E-state index in [0.29, 0.717) is 12.0 Å². The van der Waals surface area contributed by atoms with Crippen LogP contribution in [0, 0.1) is 0 Å². The van der Waals surface area contributed by atoms with Crippen molar-refractivity contribution in [2.24, 2.45) is 0 Å². The molecule has 4 N–H and O–H groups in total. The fourth-order valence-corrected chi connectivity index (χ4v) is 3.04. The molecule has 0 spiro atoms. The van der Waals surface area contributed by atoms with Crippen LogP contribution in [0.25, 0.3) is 0 Å². The largest absolute Gasteiger partial charge is 0.370 e. The van der Waals surface area contributed by atoms with Crippen LogP contribution in [-0.4, -0.2) is 34.1 Å². The van der Waals surface area contributed by atoms with Crippen molar-refractivity contribution in [3.63, 3.8) is 0 Å².